The highest BCUT2D eigenvalue weighted by atomic mass is 79.9. The van der Waals surface area contributed by atoms with Crippen molar-refractivity contribution in [3.05, 3.63) is 27.5 Å². The average molecular weight is 239 g/mol. The first-order valence-corrected chi connectivity index (χ1v) is 5.01. The van der Waals surface area contributed by atoms with Gasteiger partial charge in [0.25, 0.3) is 0 Å². The quantitative estimate of drug-likeness (QED) is 0.751. The van der Waals surface area contributed by atoms with E-state index in [1.54, 1.807) is 0 Å². The molecule has 0 fully saturated rings. The maximum atomic E-state index is 4.39. The molecule has 13 heavy (non-hydrogen) atoms. The van der Waals surface area contributed by atoms with E-state index < -0.39 is 0 Å². The van der Waals surface area contributed by atoms with Gasteiger partial charge in [-0.2, -0.15) is 0 Å². The molecule has 0 atom stereocenters. The molecular formula is C10H11BrN2. The molecule has 0 bridgehead atoms. The lowest BCUT2D eigenvalue weighted by atomic mass is 10.1. The number of fused-ring (bicyclic) bond motifs is 1. The van der Waals surface area contributed by atoms with Crippen LogP contribution in [-0.2, 0) is 0 Å². The number of H-pyrrole nitrogens is 1. The number of hydrogen-bond donors (Lipinski definition) is 1. The number of aromatic nitrogens is 2. The Balaban J connectivity index is 2.92. The van der Waals surface area contributed by atoms with Crippen LogP contribution in [0.15, 0.2) is 10.5 Å². The van der Waals surface area contributed by atoms with Crippen LogP contribution in [0.25, 0.3) is 11.0 Å². The van der Waals surface area contributed by atoms with E-state index in [0.717, 1.165) is 21.3 Å². The largest absolute Gasteiger partial charge is 0.342 e. The Bertz CT molecular complexity index is 471. The molecule has 2 rings (SSSR count). The normalized spacial score (nSPS) is 11.1. The fourth-order valence-corrected chi connectivity index (χ4v) is 2.01. The molecule has 0 radical (unpaired) electrons. The molecule has 0 aliphatic carbocycles. The van der Waals surface area contributed by atoms with Crippen molar-refractivity contribution in [3.8, 4) is 0 Å². The third-order valence-electron chi connectivity index (χ3n) is 2.41. The molecule has 0 aliphatic heterocycles. The molecule has 0 spiro atoms. The van der Waals surface area contributed by atoms with Crippen molar-refractivity contribution >= 4 is 27.0 Å². The Labute approximate surface area is 85.5 Å². The van der Waals surface area contributed by atoms with Gasteiger partial charge in [-0.3, -0.25) is 0 Å². The summed E-state index contributed by atoms with van der Waals surface area (Å²) in [6.45, 7) is 6.19. The lowest BCUT2D eigenvalue weighted by Crippen LogP contribution is -1.84. The molecule has 0 unspecified atom stereocenters. The zero-order chi connectivity index (χ0) is 9.59. The highest BCUT2D eigenvalue weighted by Crippen LogP contribution is 2.26. The smallest absolute Gasteiger partial charge is 0.104 e. The van der Waals surface area contributed by atoms with Crippen LogP contribution in [0.3, 0.4) is 0 Å². The molecule has 1 aromatic carbocycles. The Morgan fingerprint density at radius 3 is 2.62 bits per heavy atom. The van der Waals surface area contributed by atoms with Crippen LogP contribution in [0.4, 0.5) is 0 Å². The molecule has 0 saturated carbocycles. The number of aryl methyl sites for hydroxylation is 2. The summed E-state index contributed by atoms with van der Waals surface area (Å²) in [5, 5.41) is 0. The number of aromatic amines is 1. The van der Waals surface area contributed by atoms with Crippen LogP contribution in [0.2, 0.25) is 0 Å². The van der Waals surface area contributed by atoms with Crippen LogP contribution < -0.4 is 0 Å². The summed E-state index contributed by atoms with van der Waals surface area (Å²) in [5.74, 6) is 0.968. The van der Waals surface area contributed by atoms with Crippen LogP contribution in [0.1, 0.15) is 17.0 Å². The summed E-state index contributed by atoms with van der Waals surface area (Å²) >= 11 is 3.52. The molecule has 1 N–H and O–H groups in total. The van der Waals surface area contributed by atoms with E-state index in [1.165, 1.54) is 11.1 Å². The van der Waals surface area contributed by atoms with Gasteiger partial charge in [0, 0.05) is 4.47 Å². The number of imidazole rings is 1. The minimum atomic E-state index is 0.968. The van der Waals surface area contributed by atoms with Gasteiger partial charge in [-0.15, -0.1) is 0 Å². The van der Waals surface area contributed by atoms with Gasteiger partial charge in [0.05, 0.1) is 11.0 Å². The Morgan fingerprint density at radius 1 is 1.23 bits per heavy atom. The minimum absolute atomic E-state index is 0.968. The molecular weight excluding hydrogens is 228 g/mol. The molecule has 0 amide bonds. The van der Waals surface area contributed by atoms with Gasteiger partial charge in [0.15, 0.2) is 0 Å². The number of nitrogens with one attached hydrogen (secondary N) is 1. The zero-order valence-electron chi connectivity index (χ0n) is 7.90. The first-order valence-electron chi connectivity index (χ1n) is 4.21. The number of benzene rings is 1. The molecule has 0 saturated heterocycles. The summed E-state index contributed by atoms with van der Waals surface area (Å²) in [4.78, 5) is 7.65. The van der Waals surface area contributed by atoms with Crippen LogP contribution in [-0.4, -0.2) is 9.97 Å². The standard InChI is InChI=1S/C10H11BrN2/c1-5-6(2)10-9(4-8(5)11)12-7(3)13-10/h4H,1-3H3,(H,12,13). The molecule has 3 heteroatoms. The van der Waals surface area contributed by atoms with Crippen LogP contribution >= 0.6 is 15.9 Å². The fourth-order valence-electron chi connectivity index (χ4n) is 1.49. The van der Waals surface area contributed by atoms with E-state index in [2.05, 4.69) is 45.8 Å². The molecule has 2 aromatic rings. The number of hydrogen-bond acceptors (Lipinski definition) is 1. The second-order valence-electron chi connectivity index (χ2n) is 3.32. The van der Waals surface area contributed by atoms with E-state index in [0.29, 0.717) is 0 Å². The molecule has 68 valence electrons. The third-order valence-corrected chi connectivity index (χ3v) is 3.23. The lowest BCUT2D eigenvalue weighted by molar-refractivity contribution is 1.17. The second kappa shape index (κ2) is 2.84. The summed E-state index contributed by atoms with van der Waals surface area (Å²) in [6, 6.07) is 2.06. The number of rotatable bonds is 0. The van der Waals surface area contributed by atoms with Gasteiger partial charge < -0.3 is 4.98 Å². The van der Waals surface area contributed by atoms with E-state index in [9.17, 15) is 0 Å². The molecule has 1 heterocycles. The first-order chi connectivity index (χ1) is 6.09. The first kappa shape index (κ1) is 8.75. The maximum absolute atomic E-state index is 4.39. The Kier molecular flexibility index (Phi) is 1.91. The van der Waals surface area contributed by atoms with Gasteiger partial charge in [-0.05, 0) is 38.0 Å². The van der Waals surface area contributed by atoms with E-state index >= 15 is 0 Å². The van der Waals surface area contributed by atoms with Crippen molar-refractivity contribution in [2.75, 3.05) is 0 Å². The van der Waals surface area contributed by atoms with E-state index in [1.807, 2.05) is 6.92 Å². The SMILES string of the molecule is Cc1nc2cc(Br)c(C)c(C)c2[nH]1. The zero-order valence-corrected chi connectivity index (χ0v) is 9.49. The summed E-state index contributed by atoms with van der Waals surface area (Å²) in [7, 11) is 0. The van der Waals surface area contributed by atoms with Crippen LogP contribution in [0, 0.1) is 20.8 Å². The molecule has 2 nitrogen and oxygen atoms in total. The third kappa shape index (κ3) is 1.27. The van der Waals surface area contributed by atoms with Crippen molar-refractivity contribution < 1.29 is 0 Å². The van der Waals surface area contributed by atoms with Gasteiger partial charge in [0.1, 0.15) is 5.82 Å². The monoisotopic (exact) mass is 238 g/mol. The topological polar surface area (TPSA) is 28.7 Å². The van der Waals surface area contributed by atoms with Crippen molar-refractivity contribution in [1.82, 2.24) is 9.97 Å². The van der Waals surface area contributed by atoms with Crippen LogP contribution in [0.5, 0.6) is 0 Å². The fraction of sp³-hybridized carbons (Fsp3) is 0.300. The van der Waals surface area contributed by atoms with Crippen molar-refractivity contribution in [2.24, 2.45) is 0 Å². The second-order valence-corrected chi connectivity index (χ2v) is 4.18. The predicted octanol–water partition coefficient (Wildman–Crippen LogP) is 3.25. The number of nitrogens with zero attached hydrogens (tertiary/aromatic N) is 1. The lowest BCUT2D eigenvalue weighted by Gasteiger charge is -2.02. The Hall–Kier alpha value is -0.830. The predicted molar refractivity (Wildman–Crippen MR) is 58.0 cm³/mol. The van der Waals surface area contributed by atoms with Gasteiger partial charge in [-0.25, -0.2) is 4.98 Å². The van der Waals surface area contributed by atoms with Crippen molar-refractivity contribution in [1.29, 1.82) is 0 Å². The van der Waals surface area contributed by atoms with Crippen molar-refractivity contribution in [3.63, 3.8) is 0 Å². The number of halogens is 1. The van der Waals surface area contributed by atoms with E-state index in [-0.39, 0.29) is 0 Å². The summed E-state index contributed by atoms with van der Waals surface area (Å²) in [6.07, 6.45) is 0. The maximum Gasteiger partial charge on any atom is 0.104 e. The molecule has 0 aliphatic rings. The summed E-state index contributed by atoms with van der Waals surface area (Å²) < 4.78 is 1.13. The minimum Gasteiger partial charge on any atom is -0.342 e. The van der Waals surface area contributed by atoms with Gasteiger partial charge in [0.2, 0.25) is 0 Å². The average Bonchev–Trinajstić information content (AvgIpc) is 2.42. The highest BCUT2D eigenvalue weighted by Gasteiger charge is 2.07. The Morgan fingerprint density at radius 2 is 1.92 bits per heavy atom. The summed E-state index contributed by atoms with van der Waals surface area (Å²) in [5.41, 5.74) is 4.73. The van der Waals surface area contributed by atoms with Crippen molar-refractivity contribution in [2.45, 2.75) is 20.8 Å². The van der Waals surface area contributed by atoms with E-state index in [4.69, 9.17) is 0 Å². The highest BCUT2D eigenvalue weighted by molar-refractivity contribution is 9.10. The van der Waals surface area contributed by atoms with Gasteiger partial charge >= 0.3 is 0 Å². The molecule has 1 aromatic heterocycles. The van der Waals surface area contributed by atoms with Gasteiger partial charge in [-0.1, -0.05) is 15.9 Å².